The number of H-pyrrole nitrogens is 1. The molecule has 2 heterocycles. The summed E-state index contributed by atoms with van der Waals surface area (Å²) in [4.78, 5) is 13.6. The zero-order valence-electron chi connectivity index (χ0n) is 10.9. The number of carbonyl (C=O) groups is 1. The number of aldehydes is 1. The van der Waals surface area contributed by atoms with E-state index in [-0.39, 0.29) is 0 Å². The number of thioether (sulfide) groups is 1. The standard InChI is InChI=1S/C14H12N4O2S/c19-8-11-6-7-12(20-11)9-21-14-16-13(17-18-14)15-10-4-2-1-3-5-10/h1-8H,9H2,(H2,15,16,17,18). The summed E-state index contributed by atoms with van der Waals surface area (Å²) >= 11 is 1.45. The van der Waals surface area contributed by atoms with Crippen LogP contribution in [0.3, 0.4) is 0 Å². The molecule has 2 N–H and O–H groups in total. The lowest BCUT2D eigenvalue weighted by Gasteiger charge is -2.00. The largest absolute Gasteiger partial charge is 0.457 e. The summed E-state index contributed by atoms with van der Waals surface area (Å²) in [5, 5.41) is 11.9. The van der Waals surface area contributed by atoms with Crippen molar-refractivity contribution in [1.82, 2.24) is 15.2 Å². The number of hydrogen-bond donors (Lipinski definition) is 2. The van der Waals surface area contributed by atoms with Crippen molar-refractivity contribution < 1.29 is 9.21 Å². The van der Waals surface area contributed by atoms with Crippen LogP contribution in [0.4, 0.5) is 11.6 Å². The summed E-state index contributed by atoms with van der Waals surface area (Å²) in [5.74, 6) is 2.20. The Labute approximate surface area is 125 Å². The second kappa shape index (κ2) is 6.27. The Balaban J connectivity index is 1.58. The number of aromatic nitrogens is 3. The van der Waals surface area contributed by atoms with Gasteiger partial charge >= 0.3 is 0 Å². The molecule has 0 atom stereocenters. The minimum Gasteiger partial charge on any atom is -0.457 e. The number of rotatable bonds is 6. The van der Waals surface area contributed by atoms with Gasteiger partial charge in [0.2, 0.25) is 5.95 Å². The van der Waals surface area contributed by atoms with E-state index in [9.17, 15) is 4.79 Å². The molecule has 0 bridgehead atoms. The molecule has 7 heteroatoms. The van der Waals surface area contributed by atoms with E-state index in [0.29, 0.717) is 28.9 Å². The van der Waals surface area contributed by atoms with E-state index in [4.69, 9.17) is 4.42 Å². The van der Waals surface area contributed by atoms with Crippen LogP contribution in [-0.2, 0) is 5.75 Å². The maximum Gasteiger partial charge on any atom is 0.227 e. The Bertz CT molecular complexity index is 723. The third-order valence-electron chi connectivity index (χ3n) is 2.65. The maximum absolute atomic E-state index is 10.5. The van der Waals surface area contributed by atoms with Crippen LogP contribution in [-0.4, -0.2) is 21.5 Å². The highest BCUT2D eigenvalue weighted by Crippen LogP contribution is 2.22. The fraction of sp³-hybridized carbons (Fsp3) is 0.0714. The van der Waals surface area contributed by atoms with Gasteiger partial charge in [-0.25, -0.2) is 0 Å². The molecule has 0 amide bonds. The molecule has 0 saturated heterocycles. The summed E-state index contributed by atoms with van der Waals surface area (Å²) in [7, 11) is 0. The number of aromatic amines is 1. The molecule has 2 aromatic heterocycles. The summed E-state index contributed by atoms with van der Waals surface area (Å²) in [5.41, 5.74) is 0.937. The number of para-hydroxylation sites is 1. The number of hydrogen-bond acceptors (Lipinski definition) is 6. The predicted octanol–water partition coefficient (Wildman–Crippen LogP) is 3.25. The van der Waals surface area contributed by atoms with Gasteiger partial charge in [-0.2, -0.15) is 0 Å². The van der Waals surface area contributed by atoms with Gasteiger partial charge in [-0.3, -0.25) is 4.79 Å². The van der Waals surface area contributed by atoms with Crippen LogP contribution in [0.15, 0.2) is 52.0 Å². The number of furan rings is 1. The first kappa shape index (κ1) is 13.4. The molecular formula is C14H12N4O2S. The molecule has 21 heavy (non-hydrogen) atoms. The van der Waals surface area contributed by atoms with Crippen molar-refractivity contribution in [2.45, 2.75) is 10.9 Å². The second-order valence-corrected chi connectivity index (χ2v) is 5.14. The molecule has 0 aliphatic carbocycles. The summed E-state index contributed by atoms with van der Waals surface area (Å²) in [6.07, 6.45) is 0.685. The highest BCUT2D eigenvalue weighted by Gasteiger charge is 2.06. The number of benzene rings is 1. The van der Waals surface area contributed by atoms with Gasteiger partial charge < -0.3 is 14.7 Å². The molecule has 0 aliphatic rings. The quantitative estimate of drug-likeness (QED) is 0.537. The molecule has 3 rings (SSSR count). The summed E-state index contributed by atoms with van der Waals surface area (Å²) in [6.45, 7) is 0. The Morgan fingerprint density at radius 2 is 2.05 bits per heavy atom. The Kier molecular flexibility index (Phi) is 4.02. The Hall–Kier alpha value is -2.54. The molecule has 0 unspecified atom stereocenters. The summed E-state index contributed by atoms with van der Waals surface area (Å²) in [6, 6.07) is 13.1. The average molecular weight is 300 g/mol. The van der Waals surface area contributed by atoms with Crippen molar-refractivity contribution in [3.05, 3.63) is 54.0 Å². The van der Waals surface area contributed by atoms with E-state index in [0.717, 1.165) is 11.4 Å². The topological polar surface area (TPSA) is 83.8 Å². The van der Waals surface area contributed by atoms with Gasteiger partial charge in [0, 0.05) is 5.69 Å². The third-order valence-corrected chi connectivity index (χ3v) is 3.54. The smallest absolute Gasteiger partial charge is 0.227 e. The van der Waals surface area contributed by atoms with Gasteiger partial charge in [-0.15, -0.1) is 10.2 Å². The molecule has 106 valence electrons. The fourth-order valence-corrected chi connectivity index (χ4v) is 2.40. The molecule has 1 aromatic carbocycles. The predicted molar refractivity (Wildman–Crippen MR) is 79.8 cm³/mol. The highest BCUT2D eigenvalue weighted by atomic mass is 32.2. The van der Waals surface area contributed by atoms with E-state index < -0.39 is 0 Å². The van der Waals surface area contributed by atoms with E-state index >= 15 is 0 Å². The minimum absolute atomic E-state index is 0.328. The van der Waals surface area contributed by atoms with Crippen LogP contribution in [0.25, 0.3) is 0 Å². The molecule has 0 spiro atoms. The van der Waals surface area contributed by atoms with E-state index in [1.165, 1.54) is 11.8 Å². The van der Waals surface area contributed by atoms with E-state index in [1.807, 2.05) is 30.3 Å². The van der Waals surface area contributed by atoms with Crippen LogP contribution >= 0.6 is 11.8 Å². The van der Waals surface area contributed by atoms with E-state index in [1.54, 1.807) is 12.1 Å². The molecular weight excluding hydrogens is 288 g/mol. The lowest BCUT2D eigenvalue weighted by atomic mass is 10.3. The van der Waals surface area contributed by atoms with Crippen molar-refractivity contribution in [2.75, 3.05) is 5.32 Å². The monoisotopic (exact) mass is 300 g/mol. The maximum atomic E-state index is 10.5. The van der Waals surface area contributed by atoms with Gasteiger partial charge in [0.25, 0.3) is 0 Å². The third kappa shape index (κ3) is 3.51. The van der Waals surface area contributed by atoms with Crippen molar-refractivity contribution in [3.63, 3.8) is 0 Å². The Morgan fingerprint density at radius 1 is 1.19 bits per heavy atom. The van der Waals surface area contributed by atoms with Gasteiger partial charge in [0.15, 0.2) is 17.2 Å². The molecule has 3 aromatic rings. The zero-order valence-corrected chi connectivity index (χ0v) is 11.8. The molecule has 0 fully saturated rings. The zero-order chi connectivity index (χ0) is 14.5. The van der Waals surface area contributed by atoms with Crippen molar-refractivity contribution in [2.24, 2.45) is 0 Å². The van der Waals surface area contributed by atoms with Crippen LogP contribution in [0.1, 0.15) is 16.3 Å². The molecule has 0 aliphatic heterocycles. The second-order valence-electron chi connectivity index (χ2n) is 4.18. The SMILES string of the molecule is O=Cc1ccc(CSc2nnc(Nc3ccccc3)[nH]2)o1. The lowest BCUT2D eigenvalue weighted by molar-refractivity contribution is 0.109. The molecule has 0 radical (unpaired) electrons. The fourth-order valence-electron chi connectivity index (χ4n) is 1.70. The average Bonchev–Trinajstić information content (AvgIpc) is 3.15. The first-order chi connectivity index (χ1) is 10.3. The minimum atomic E-state index is 0.328. The van der Waals surface area contributed by atoms with Crippen molar-refractivity contribution in [1.29, 1.82) is 0 Å². The van der Waals surface area contributed by atoms with Gasteiger partial charge in [-0.1, -0.05) is 30.0 Å². The van der Waals surface area contributed by atoms with Crippen molar-refractivity contribution in [3.8, 4) is 0 Å². The van der Waals surface area contributed by atoms with Crippen LogP contribution in [0, 0.1) is 0 Å². The number of anilines is 2. The first-order valence-corrected chi connectivity index (χ1v) is 7.23. The van der Waals surface area contributed by atoms with Crippen LogP contribution in [0.2, 0.25) is 0 Å². The van der Waals surface area contributed by atoms with Crippen LogP contribution in [0.5, 0.6) is 0 Å². The molecule has 0 saturated carbocycles. The number of nitrogens with zero attached hydrogens (tertiary/aromatic N) is 2. The normalized spacial score (nSPS) is 10.5. The highest BCUT2D eigenvalue weighted by molar-refractivity contribution is 7.98. The van der Waals surface area contributed by atoms with Gasteiger partial charge in [0.05, 0.1) is 5.75 Å². The number of nitrogens with one attached hydrogen (secondary N) is 2. The van der Waals surface area contributed by atoms with E-state index in [2.05, 4.69) is 20.5 Å². The summed E-state index contributed by atoms with van der Waals surface area (Å²) < 4.78 is 5.29. The van der Waals surface area contributed by atoms with Gasteiger partial charge in [-0.05, 0) is 24.3 Å². The lowest BCUT2D eigenvalue weighted by Crippen LogP contribution is -1.91. The van der Waals surface area contributed by atoms with Crippen molar-refractivity contribution >= 4 is 29.7 Å². The Morgan fingerprint density at radius 3 is 2.81 bits per heavy atom. The van der Waals surface area contributed by atoms with Gasteiger partial charge in [0.1, 0.15) is 5.76 Å². The number of carbonyl (C=O) groups excluding carboxylic acids is 1. The molecule has 6 nitrogen and oxygen atoms in total. The first-order valence-electron chi connectivity index (χ1n) is 6.25. The van der Waals surface area contributed by atoms with Crippen LogP contribution < -0.4 is 5.32 Å².